The van der Waals surface area contributed by atoms with E-state index in [0.29, 0.717) is 0 Å². The fourth-order valence-corrected chi connectivity index (χ4v) is 5.88. The van der Waals surface area contributed by atoms with Crippen LogP contribution in [0.1, 0.15) is 31.9 Å². The molecule has 1 rings (SSSR count). The highest BCUT2D eigenvalue weighted by Crippen LogP contribution is 2.32. The fraction of sp³-hybridized carbons (Fsp3) is 0.571. The lowest BCUT2D eigenvalue weighted by molar-refractivity contribution is 0.403. The minimum Gasteiger partial charge on any atom is -0.504 e. The third-order valence-corrected chi connectivity index (χ3v) is 9.88. The quantitative estimate of drug-likeness (QED) is 0.614. The maximum atomic E-state index is 9.60. The third kappa shape index (κ3) is 3.03. The van der Waals surface area contributed by atoms with Crippen LogP contribution in [-0.4, -0.2) is 18.3 Å². The van der Waals surface area contributed by atoms with E-state index in [9.17, 15) is 10.2 Å². The van der Waals surface area contributed by atoms with Crippen LogP contribution in [0, 0.1) is 6.92 Å². The molecule has 0 aliphatic rings. The highest BCUT2D eigenvalue weighted by Gasteiger charge is 2.27. The molecule has 96 valence electrons. The molecule has 0 bridgehead atoms. The van der Waals surface area contributed by atoms with Gasteiger partial charge in [0.25, 0.3) is 0 Å². The van der Waals surface area contributed by atoms with Crippen molar-refractivity contribution in [1.82, 2.24) is 0 Å². The zero-order valence-corrected chi connectivity index (χ0v) is 12.4. The SMILES string of the molecule is CC[Si](CC)(CC)Cc1cc(O)c(O)cc1C. The number of hydrogen-bond donors (Lipinski definition) is 2. The molecular formula is C14H24O2Si. The van der Waals surface area contributed by atoms with Crippen molar-refractivity contribution < 1.29 is 10.2 Å². The van der Waals surface area contributed by atoms with Crippen molar-refractivity contribution in [3.05, 3.63) is 23.3 Å². The van der Waals surface area contributed by atoms with E-state index < -0.39 is 8.07 Å². The summed E-state index contributed by atoms with van der Waals surface area (Å²) in [5, 5.41) is 19.1. The molecule has 0 radical (unpaired) electrons. The summed E-state index contributed by atoms with van der Waals surface area (Å²) in [5.74, 6) is -0.000166. The van der Waals surface area contributed by atoms with E-state index in [1.54, 1.807) is 12.1 Å². The Morgan fingerprint density at radius 2 is 1.41 bits per heavy atom. The van der Waals surface area contributed by atoms with E-state index >= 15 is 0 Å². The smallest absolute Gasteiger partial charge is 0.157 e. The highest BCUT2D eigenvalue weighted by atomic mass is 28.3. The zero-order valence-electron chi connectivity index (χ0n) is 11.4. The molecule has 3 heteroatoms. The largest absolute Gasteiger partial charge is 0.504 e. The standard InChI is InChI=1S/C14H24O2Si/c1-5-17(6-2,7-3)10-12-9-14(16)13(15)8-11(12)4/h8-9,15-16H,5-7,10H2,1-4H3. The Bertz CT molecular complexity index is 376. The van der Waals surface area contributed by atoms with E-state index in [-0.39, 0.29) is 11.5 Å². The molecule has 0 amide bonds. The van der Waals surface area contributed by atoms with Gasteiger partial charge in [0.05, 0.1) is 8.07 Å². The Morgan fingerprint density at radius 1 is 0.941 bits per heavy atom. The van der Waals surface area contributed by atoms with E-state index in [0.717, 1.165) is 11.6 Å². The lowest BCUT2D eigenvalue weighted by Gasteiger charge is -2.29. The normalized spacial score (nSPS) is 11.8. The number of benzene rings is 1. The van der Waals surface area contributed by atoms with Gasteiger partial charge >= 0.3 is 0 Å². The molecule has 0 saturated heterocycles. The summed E-state index contributed by atoms with van der Waals surface area (Å²) < 4.78 is 0. The Morgan fingerprint density at radius 3 is 1.88 bits per heavy atom. The first-order valence-corrected chi connectivity index (χ1v) is 9.32. The van der Waals surface area contributed by atoms with E-state index in [2.05, 4.69) is 20.8 Å². The molecule has 0 spiro atoms. The Labute approximate surface area is 105 Å². The molecule has 0 aliphatic carbocycles. The van der Waals surface area contributed by atoms with Crippen molar-refractivity contribution in [2.75, 3.05) is 0 Å². The molecule has 0 fully saturated rings. The second-order valence-corrected chi connectivity index (χ2v) is 10.5. The zero-order chi connectivity index (χ0) is 13.1. The summed E-state index contributed by atoms with van der Waals surface area (Å²) in [5.41, 5.74) is 2.30. The maximum Gasteiger partial charge on any atom is 0.157 e. The van der Waals surface area contributed by atoms with Gasteiger partial charge in [-0.25, -0.2) is 0 Å². The molecule has 0 unspecified atom stereocenters. The van der Waals surface area contributed by atoms with Gasteiger partial charge < -0.3 is 10.2 Å². The van der Waals surface area contributed by atoms with Crippen LogP contribution in [0.25, 0.3) is 0 Å². The van der Waals surface area contributed by atoms with Crippen LogP contribution < -0.4 is 0 Å². The fourth-order valence-electron chi connectivity index (χ4n) is 2.44. The summed E-state index contributed by atoms with van der Waals surface area (Å²) in [6, 6.07) is 8.36. The van der Waals surface area contributed by atoms with Gasteiger partial charge in [-0.1, -0.05) is 38.9 Å². The second-order valence-electron chi connectivity index (χ2n) is 5.00. The molecule has 0 heterocycles. The number of phenolic OH excluding ortho intramolecular Hbond substituents is 2. The monoisotopic (exact) mass is 252 g/mol. The summed E-state index contributed by atoms with van der Waals surface area (Å²) >= 11 is 0. The molecule has 1 aromatic carbocycles. The molecule has 2 nitrogen and oxygen atoms in total. The van der Waals surface area contributed by atoms with Crippen LogP contribution in [0.15, 0.2) is 12.1 Å². The van der Waals surface area contributed by atoms with Crippen LogP contribution in [0.2, 0.25) is 18.1 Å². The van der Waals surface area contributed by atoms with Gasteiger partial charge in [-0.15, -0.1) is 0 Å². The number of phenols is 2. The van der Waals surface area contributed by atoms with Crippen molar-refractivity contribution in [1.29, 1.82) is 0 Å². The number of rotatable bonds is 5. The molecule has 2 N–H and O–H groups in total. The first kappa shape index (κ1) is 14.1. The van der Waals surface area contributed by atoms with Crippen LogP contribution in [0.4, 0.5) is 0 Å². The number of aromatic hydroxyl groups is 2. The van der Waals surface area contributed by atoms with Crippen molar-refractivity contribution in [3.63, 3.8) is 0 Å². The summed E-state index contributed by atoms with van der Waals surface area (Å²) in [6.45, 7) is 8.87. The average molecular weight is 252 g/mol. The van der Waals surface area contributed by atoms with Crippen LogP contribution in [0.3, 0.4) is 0 Å². The van der Waals surface area contributed by atoms with Gasteiger partial charge in [0.2, 0.25) is 0 Å². The van der Waals surface area contributed by atoms with Gasteiger partial charge in [-0.3, -0.25) is 0 Å². The first-order chi connectivity index (χ1) is 7.98. The molecule has 1 aromatic rings. The minimum atomic E-state index is -1.22. The van der Waals surface area contributed by atoms with Crippen LogP contribution in [-0.2, 0) is 6.04 Å². The first-order valence-electron chi connectivity index (χ1n) is 6.49. The topological polar surface area (TPSA) is 40.5 Å². The van der Waals surface area contributed by atoms with E-state index in [1.807, 2.05) is 6.92 Å². The van der Waals surface area contributed by atoms with Gasteiger partial charge in [-0.2, -0.15) is 0 Å². The Balaban J connectivity index is 3.05. The van der Waals surface area contributed by atoms with Gasteiger partial charge in [0.1, 0.15) is 0 Å². The molecule has 17 heavy (non-hydrogen) atoms. The van der Waals surface area contributed by atoms with Crippen LogP contribution in [0.5, 0.6) is 11.5 Å². The van der Waals surface area contributed by atoms with E-state index in [1.165, 1.54) is 23.7 Å². The molecular weight excluding hydrogens is 228 g/mol. The summed E-state index contributed by atoms with van der Waals surface area (Å²) in [6.07, 6.45) is 0. The van der Waals surface area contributed by atoms with Crippen molar-refractivity contribution in [2.24, 2.45) is 0 Å². The van der Waals surface area contributed by atoms with Crippen molar-refractivity contribution in [3.8, 4) is 11.5 Å². The van der Waals surface area contributed by atoms with E-state index in [4.69, 9.17) is 0 Å². The second kappa shape index (κ2) is 5.58. The Kier molecular flexibility index (Phi) is 4.63. The lowest BCUT2D eigenvalue weighted by atomic mass is 10.1. The number of aryl methyl sites for hydroxylation is 1. The third-order valence-electron chi connectivity index (χ3n) is 4.25. The van der Waals surface area contributed by atoms with Gasteiger partial charge in [0.15, 0.2) is 11.5 Å². The number of hydrogen-bond acceptors (Lipinski definition) is 2. The molecule has 0 atom stereocenters. The molecule has 0 saturated carbocycles. The predicted molar refractivity (Wildman–Crippen MR) is 75.4 cm³/mol. The maximum absolute atomic E-state index is 9.60. The highest BCUT2D eigenvalue weighted by molar-refractivity contribution is 6.79. The summed E-state index contributed by atoms with van der Waals surface area (Å²) in [4.78, 5) is 0. The molecule has 0 aromatic heterocycles. The lowest BCUT2D eigenvalue weighted by Crippen LogP contribution is -2.35. The average Bonchev–Trinajstić information content (AvgIpc) is 2.33. The minimum absolute atomic E-state index is 0.0109. The molecule has 0 aliphatic heterocycles. The van der Waals surface area contributed by atoms with Crippen LogP contribution >= 0.6 is 0 Å². The van der Waals surface area contributed by atoms with Gasteiger partial charge in [0, 0.05) is 0 Å². The predicted octanol–water partition coefficient (Wildman–Crippen LogP) is 4.00. The van der Waals surface area contributed by atoms with Crippen molar-refractivity contribution in [2.45, 2.75) is 51.9 Å². The van der Waals surface area contributed by atoms with Gasteiger partial charge in [-0.05, 0) is 36.2 Å². The van der Waals surface area contributed by atoms with Crippen molar-refractivity contribution >= 4 is 8.07 Å². The Hall–Kier alpha value is -0.963. The summed E-state index contributed by atoms with van der Waals surface area (Å²) in [7, 11) is -1.22.